The van der Waals surface area contributed by atoms with Crippen molar-refractivity contribution < 1.29 is 9.59 Å². The minimum atomic E-state index is -0.528. The molecule has 1 aromatic rings. The second kappa shape index (κ2) is 8.53. The Morgan fingerprint density at radius 1 is 1.22 bits per heavy atom. The lowest BCUT2D eigenvalue weighted by atomic mass is 9.96. The summed E-state index contributed by atoms with van der Waals surface area (Å²) < 4.78 is 0. The molecule has 0 bridgehead atoms. The van der Waals surface area contributed by atoms with E-state index in [0.717, 1.165) is 32.5 Å². The van der Waals surface area contributed by atoms with E-state index < -0.39 is 6.04 Å². The molecule has 6 nitrogen and oxygen atoms in total. The normalized spacial score (nSPS) is 16.7. The van der Waals surface area contributed by atoms with Crippen molar-refractivity contribution >= 4 is 17.6 Å². The number of rotatable bonds is 5. The van der Waals surface area contributed by atoms with Gasteiger partial charge >= 0.3 is 6.03 Å². The van der Waals surface area contributed by atoms with Gasteiger partial charge in [0, 0.05) is 18.8 Å². The van der Waals surface area contributed by atoms with Crippen molar-refractivity contribution in [2.45, 2.75) is 25.8 Å². The molecule has 0 radical (unpaired) electrons. The Hall–Kier alpha value is -2.08. The number of nitrogens with zero attached hydrogens (tertiary/aromatic N) is 1. The summed E-state index contributed by atoms with van der Waals surface area (Å²) in [4.78, 5) is 26.2. The molecule has 2 rings (SSSR count). The van der Waals surface area contributed by atoms with Gasteiger partial charge in [-0.15, -0.1) is 0 Å². The minimum absolute atomic E-state index is 0.0175. The van der Waals surface area contributed by atoms with E-state index in [9.17, 15) is 9.59 Å². The zero-order chi connectivity index (χ0) is 16.7. The van der Waals surface area contributed by atoms with Gasteiger partial charge in [-0.3, -0.25) is 4.79 Å². The van der Waals surface area contributed by atoms with Gasteiger partial charge in [-0.1, -0.05) is 18.2 Å². The number of para-hydroxylation sites is 1. The Bertz CT molecular complexity index is 513. The predicted octanol–water partition coefficient (Wildman–Crippen LogP) is 1.65. The van der Waals surface area contributed by atoms with Crippen LogP contribution in [-0.4, -0.2) is 49.6 Å². The molecule has 0 aliphatic carbocycles. The monoisotopic (exact) mass is 318 g/mol. The molecule has 0 spiro atoms. The Kier molecular flexibility index (Phi) is 6.40. The molecule has 1 fully saturated rings. The number of benzene rings is 1. The highest BCUT2D eigenvalue weighted by atomic mass is 16.2. The molecule has 1 aliphatic rings. The Morgan fingerprint density at radius 3 is 2.48 bits per heavy atom. The largest absolute Gasteiger partial charge is 0.341 e. The van der Waals surface area contributed by atoms with Crippen LogP contribution in [0.1, 0.15) is 19.8 Å². The summed E-state index contributed by atoms with van der Waals surface area (Å²) >= 11 is 0. The van der Waals surface area contributed by atoms with Gasteiger partial charge in [-0.25, -0.2) is 4.79 Å². The summed E-state index contributed by atoms with van der Waals surface area (Å²) in [6, 6.07) is 8.30. The average Bonchev–Trinajstić information content (AvgIpc) is 2.56. The number of nitrogens with one attached hydrogen (secondary N) is 3. The van der Waals surface area contributed by atoms with Crippen LogP contribution in [0.4, 0.5) is 10.5 Å². The van der Waals surface area contributed by atoms with E-state index in [2.05, 4.69) is 16.0 Å². The molecule has 0 aromatic heterocycles. The first kappa shape index (κ1) is 17.3. The number of piperidine rings is 1. The molecule has 1 aromatic carbocycles. The van der Waals surface area contributed by atoms with Gasteiger partial charge in [0.25, 0.3) is 0 Å². The van der Waals surface area contributed by atoms with Gasteiger partial charge in [-0.2, -0.15) is 0 Å². The van der Waals surface area contributed by atoms with Crippen LogP contribution in [-0.2, 0) is 4.79 Å². The van der Waals surface area contributed by atoms with Crippen molar-refractivity contribution in [3.8, 4) is 0 Å². The molecule has 1 saturated heterocycles. The van der Waals surface area contributed by atoms with E-state index >= 15 is 0 Å². The number of carbonyl (C=O) groups is 2. The van der Waals surface area contributed by atoms with Crippen LogP contribution in [0, 0.1) is 5.92 Å². The summed E-state index contributed by atoms with van der Waals surface area (Å²) in [5.41, 5.74) is 0.706. The third-order valence-corrected chi connectivity index (χ3v) is 4.17. The molecule has 1 aliphatic heterocycles. The molecule has 6 heteroatoms. The molecule has 1 heterocycles. The van der Waals surface area contributed by atoms with E-state index in [4.69, 9.17) is 0 Å². The maximum Gasteiger partial charge on any atom is 0.319 e. The van der Waals surface area contributed by atoms with E-state index in [-0.39, 0.29) is 11.9 Å². The van der Waals surface area contributed by atoms with Crippen molar-refractivity contribution in [1.82, 2.24) is 15.5 Å². The molecule has 3 amide bonds. The molecular weight excluding hydrogens is 292 g/mol. The summed E-state index contributed by atoms with van der Waals surface area (Å²) in [6.45, 7) is 4.25. The van der Waals surface area contributed by atoms with E-state index in [0.29, 0.717) is 11.6 Å². The van der Waals surface area contributed by atoms with Crippen molar-refractivity contribution in [3.05, 3.63) is 30.3 Å². The second-order valence-corrected chi connectivity index (χ2v) is 6.01. The number of carbonyl (C=O) groups excluding carboxylic acids is 2. The fraction of sp³-hybridized carbons (Fsp3) is 0.529. The standard InChI is InChI=1S/C17H26N4O2/c1-13(19-17(23)20-15-6-4-3-5-7-15)16(22)21-10-8-14(9-11-21)12-18-2/h3-7,13-14,18H,8-12H2,1-2H3,(H2,19,20,23). The van der Waals surface area contributed by atoms with Gasteiger partial charge in [0.15, 0.2) is 0 Å². The van der Waals surface area contributed by atoms with Gasteiger partial charge in [0.1, 0.15) is 6.04 Å². The summed E-state index contributed by atoms with van der Waals surface area (Å²) in [5, 5.41) is 8.62. The van der Waals surface area contributed by atoms with Crippen LogP contribution in [0.25, 0.3) is 0 Å². The number of urea groups is 1. The maximum absolute atomic E-state index is 12.4. The molecule has 1 atom stereocenters. The van der Waals surface area contributed by atoms with Crippen LogP contribution in [0.15, 0.2) is 30.3 Å². The highest BCUT2D eigenvalue weighted by Crippen LogP contribution is 2.17. The molecular formula is C17H26N4O2. The quantitative estimate of drug-likeness (QED) is 0.773. The first-order chi connectivity index (χ1) is 11.1. The van der Waals surface area contributed by atoms with Crippen molar-refractivity contribution in [2.24, 2.45) is 5.92 Å². The molecule has 126 valence electrons. The number of amides is 3. The topological polar surface area (TPSA) is 73.5 Å². The third-order valence-electron chi connectivity index (χ3n) is 4.17. The van der Waals surface area contributed by atoms with E-state index in [1.807, 2.05) is 30.1 Å². The highest BCUT2D eigenvalue weighted by Gasteiger charge is 2.26. The number of anilines is 1. The molecule has 0 saturated carbocycles. The van der Waals surface area contributed by atoms with Crippen molar-refractivity contribution in [2.75, 3.05) is 32.0 Å². The van der Waals surface area contributed by atoms with E-state index in [1.54, 1.807) is 19.1 Å². The maximum atomic E-state index is 12.4. The fourth-order valence-corrected chi connectivity index (χ4v) is 2.87. The van der Waals surface area contributed by atoms with Crippen LogP contribution in [0.2, 0.25) is 0 Å². The summed E-state index contributed by atoms with van der Waals surface area (Å²) in [7, 11) is 1.95. The lowest BCUT2D eigenvalue weighted by Crippen LogP contribution is -2.50. The van der Waals surface area contributed by atoms with Gasteiger partial charge in [0.2, 0.25) is 5.91 Å². The molecule has 1 unspecified atom stereocenters. The number of hydrogen-bond donors (Lipinski definition) is 3. The smallest absolute Gasteiger partial charge is 0.319 e. The lowest BCUT2D eigenvalue weighted by Gasteiger charge is -2.33. The second-order valence-electron chi connectivity index (χ2n) is 6.01. The van der Waals surface area contributed by atoms with Crippen molar-refractivity contribution in [1.29, 1.82) is 0 Å². The SMILES string of the molecule is CNCC1CCN(C(=O)C(C)NC(=O)Nc2ccccc2)CC1. The third kappa shape index (κ3) is 5.25. The average molecular weight is 318 g/mol. The van der Waals surface area contributed by atoms with Crippen LogP contribution in [0.5, 0.6) is 0 Å². The van der Waals surface area contributed by atoms with Gasteiger partial charge in [-0.05, 0) is 51.4 Å². The molecule has 3 N–H and O–H groups in total. The summed E-state index contributed by atoms with van der Waals surface area (Å²) in [5.74, 6) is 0.616. The van der Waals surface area contributed by atoms with Crippen LogP contribution < -0.4 is 16.0 Å². The predicted molar refractivity (Wildman–Crippen MR) is 91.3 cm³/mol. The highest BCUT2D eigenvalue weighted by molar-refractivity contribution is 5.93. The lowest BCUT2D eigenvalue weighted by molar-refractivity contribution is -0.134. The van der Waals surface area contributed by atoms with Crippen LogP contribution >= 0.6 is 0 Å². The zero-order valence-corrected chi connectivity index (χ0v) is 13.8. The van der Waals surface area contributed by atoms with Crippen molar-refractivity contribution in [3.63, 3.8) is 0 Å². The Balaban J connectivity index is 1.77. The van der Waals surface area contributed by atoms with Gasteiger partial charge in [0.05, 0.1) is 0 Å². The number of hydrogen-bond acceptors (Lipinski definition) is 3. The Morgan fingerprint density at radius 2 is 1.87 bits per heavy atom. The fourth-order valence-electron chi connectivity index (χ4n) is 2.87. The zero-order valence-electron chi connectivity index (χ0n) is 13.8. The van der Waals surface area contributed by atoms with Crippen LogP contribution in [0.3, 0.4) is 0 Å². The minimum Gasteiger partial charge on any atom is -0.341 e. The first-order valence-electron chi connectivity index (χ1n) is 8.16. The van der Waals surface area contributed by atoms with E-state index in [1.165, 1.54) is 0 Å². The Labute approximate surface area is 137 Å². The summed E-state index contributed by atoms with van der Waals surface area (Å²) in [6.07, 6.45) is 2.02. The molecule has 23 heavy (non-hydrogen) atoms. The van der Waals surface area contributed by atoms with Gasteiger partial charge < -0.3 is 20.9 Å². The first-order valence-corrected chi connectivity index (χ1v) is 8.16. The number of likely N-dealkylation sites (tertiary alicyclic amines) is 1.